The van der Waals surface area contributed by atoms with Crippen molar-refractivity contribution in [3.63, 3.8) is 0 Å². The first-order valence-corrected chi connectivity index (χ1v) is 20.7. The Morgan fingerprint density at radius 2 is 1.09 bits per heavy atom. The lowest BCUT2D eigenvalue weighted by Crippen LogP contribution is -2.14. The molecule has 0 aliphatic heterocycles. The molecule has 0 nitrogen and oxygen atoms in total. The molecule has 56 heavy (non-hydrogen) atoms. The highest BCUT2D eigenvalue weighted by Gasteiger charge is 2.36. The molecule has 1 heteroatoms. The molecule has 0 N–H and O–H groups in total. The summed E-state index contributed by atoms with van der Waals surface area (Å²) in [6.07, 6.45) is 8.96. The standard InChI is InChI=1S/C55H38S/c1-55(2)49-29-25-35(31-47(49)48-30-34-24-26-45-39-18-12-13-23-51(39)56-54(45)46(34)32-50(48)55)52-40-19-8-10-21-42(40)53(43-22-11-9-20-41(43)52)44-28-27-36(33-14-4-3-5-15-33)37-16-6-7-17-38(37)44/h3-4,6-14,16-32H,5,15H2,1-2H3. The predicted octanol–water partition coefficient (Wildman–Crippen LogP) is 16.0. The highest BCUT2D eigenvalue weighted by atomic mass is 32.1. The number of hydrogen-bond donors (Lipinski definition) is 0. The van der Waals surface area contributed by atoms with Crippen molar-refractivity contribution in [3.05, 3.63) is 187 Å². The Bertz CT molecular complexity index is 3330. The van der Waals surface area contributed by atoms with E-state index in [1.165, 1.54) is 119 Å². The lowest BCUT2D eigenvalue weighted by Gasteiger charge is -2.22. The van der Waals surface area contributed by atoms with Crippen molar-refractivity contribution < 1.29 is 0 Å². The van der Waals surface area contributed by atoms with Crippen molar-refractivity contribution in [3.8, 4) is 33.4 Å². The maximum absolute atomic E-state index is 2.51. The lowest BCUT2D eigenvalue weighted by molar-refractivity contribution is 0.661. The Hall–Kier alpha value is -6.28. The van der Waals surface area contributed by atoms with Crippen LogP contribution in [0.15, 0.2) is 170 Å². The van der Waals surface area contributed by atoms with Crippen LogP contribution in [0, 0.1) is 0 Å². The Kier molecular flexibility index (Phi) is 6.78. The number of thiophene rings is 1. The van der Waals surface area contributed by atoms with Gasteiger partial charge in [-0.3, -0.25) is 0 Å². The van der Waals surface area contributed by atoms with E-state index in [0.717, 1.165) is 12.8 Å². The Morgan fingerprint density at radius 3 is 1.80 bits per heavy atom. The van der Waals surface area contributed by atoms with Crippen LogP contribution in [0.3, 0.4) is 0 Å². The molecule has 0 saturated heterocycles. The SMILES string of the molecule is CC1(C)c2ccc(-c3c4ccccc4c(-c4ccc(C5=CC=CCC5)c5ccccc45)c4ccccc34)cc2-c2cc3ccc4c5ccccc5sc4c3cc21. The summed E-state index contributed by atoms with van der Waals surface area (Å²) in [7, 11) is 0. The van der Waals surface area contributed by atoms with Crippen LogP contribution in [0.2, 0.25) is 0 Å². The Labute approximate surface area is 330 Å². The van der Waals surface area contributed by atoms with Crippen molar-refractivity contribution >= 4 is 80.2 Å². The van der Waals surface area contributed by atoms with Gasteiger partial charge in [0, 0.05) is 25.6 Å². The Morgan fingerprint density at radius 1 is 0.464 bits per heavy atom. The molecule has 264 valence electrons. The van der Waals surface area contributed by atoms with Gasteiger partial charge in [-0.25, -0.2) is 0 Å². The summed E-state index contributed by atoms with van der Waals surface area (Å²) in [5.74, 6) is 0. The molecule has 0 unspecified atom stereocenters. The minimum atomic E-state index is -0.110. The second-order valence-electron chi connectivity index (χ2n) is 16.3. The summed E-state index contributed by atoms with van der Waals surface area (Å²) in [5.41, 5.74) is 13.4. The number of benzene rings is 9. The average molecular weight is 731 g/mol. The molecule has 10 aromatic rings. The van der Waals surface area contributed by atoms with Gasteiger partial charge < -0.3 is 0 Å². The molecule has 1 heterocycles. The Balaban J connectivity index is 1.09. The fourth-order valence-corrected chi connectivity index (χ4v) is 11.5. The number of hydrogen-bond acceptors (Lipinski definition) is 1. The molecule has 12 rings (SSSR count). The molecule has 1 aromatic heterocycles. The maximum Gasteiger partial charge on any atom is 0.0433 e. The van der Waals surface area contributed by atoms with E-state index in [1.54, 1.807) is 0 Å². The summed E-state index contributed by atoms with van der Waals surface area (Å²) in [6, 6.07) is 57.8. The van der Waals surface area contributed by atoms with Gasteiger partial charge in [-0.1, -0.05) is 159 Å². The van der Waals surface area contributed by atoms with Crippen LogP contribution in [-0.2, 0) is 5.41 Å². The van der Waals surface area contributed by atoms with Gasteiger partial charge in [0.05, 0.1) is 0 Å². The molecule has 9 aromatic carbocycles. The molecule has 0 saturated carbocycles. The topological polar surface area (TPSA) is 0 Å². The zero-order valence-electron chi connectivity index (χ0n) is 31.5. The molecule has 0 spiro atoms. The highest BCUT2D eigenvalue weighted by Crippen LogP contribution is 2.53. The van der Waals surface area contributed by atoms with Crippen LogP contribution in [0.1, 0.15) is 43.4 Å². The third-order valence-corrected chi connectivity index (χ3v) is 14.1. The minimum Gasteiger partial charge on any atom is -0.135 e. The van der Waals surface area contributed by atoms with E-state index in [2.05, 4.69) is 184 Å². The van der Waals surface area contributed by atoms with Gasteiger partial charge in [-0.05, 0) is 136 Å². The van der Waals surface area contributed by atoms with Gasteiger partial charge in [-0.15, -0.1) is 11.3 Å². The van der Waals surface area contributed by atoms with Crippen LogP contribution in [0.4, 0.5) is 0 Å². The van der Waals surface area contributed by atoms with Gasteiger partial charge in [0.1, 0.15) is 0 Å². The van der Waals surface area contributed by atoms with Gasteiger partial charge in [-0.2, -0.15) is 0 Å². The van der Waals surface area contributed by atoms with E-state index in [-0.39, 0.29) is 5.41 Å². The lowest BCUT2D eigenvalue weighted by atomic mass is 9.80. The molecule has 0 radical (unpaired) electrons. The molecule has 0 bridgehead atoms. The first-order valence-electron chi connectivity index (χ1n) is 19.9. The van der Waals surface area contributed by atoms with Crippen LogP contribution < -0.4 is 0 Å². The van der Waals surface area contributed by atoms with Crippen LogP contribution in [0.5, 0.6) is 0 Å². The van der Waals surface area contributed by atoms with Crippen LogP contribution in [-0.4, -0.2) is 0 Å². The molecular formula is C55H38S. The number of rotatable bonds is 3. The second-order valence-corrected chi connectivity index (χ2v) is 17.3. The van der Waals surface area contributed by atoms with E-state index in [4.69, 9.17) is 0 Å². The summed E-state index contributed by atoms with van der Waals surface area (Å²) in [5, 5.41) is 13.2. The van der Waals surface area contributed by atoms with Crippen molar-refractivity contribution in [1.82, 2.24) is 0 Å². The third kappa shape index (κ3) is 4.47. The first-order chi connectivity index (χ1) is 27.5. The first kappa shape index (κ1) is 32.0. The van der Waals surface area contributed by atoms with Gasteiger partial charge in [0.25, 0.3) is 0 Å². The molecule has 0 atom stereocenters. The van der Waals surface area contributed by atoms with Crippen molar-refractivity contribution in [2.45, 2.75) is 32.1 Å². The number of fused-ring (bicyclic) bond motifs is 11. The molecule has 2 aliphatic carbocycles. The molecular weight excluding hydrogens is 693 g/mol. The molecule has 0 fully saturated rings. The largest absolute Gasteiger partial charge is 0.135 e. The van der Waals surface area contributed by atoms with Crippen molar-refractivity contribution in [1.29, 1.82) is 0 Å². The quantitative estimate of drug-likeness (QED) is 0.159. The fraction of sp³-hybridized carbons (Fsp3) is 0.0909. The zero-order valence-corrected chi connectivity index (χ0v) is 32.3. The summed E-state index contributed by atoms with van der Waals surface area (Å²) in [4.78, 5) is 0. The number of allylic oxidation sites excluding steroid dienone is 4. The van der Waals surface area contributed by atoms with E-state index >= 15 is 0 Å². The summed E-state index contributed by atoms with van der Waals surface area (Å²) in [6.45, 7) is 4.82. The minimum absolute atomic E-state index is 0.110. The van der Waals surface area contributed by atoms with E-state index in [9.17, 15) is 0 Å². The second kappa shape index (κ2) is 11.9. The molecule has 2 aliphatic rings. The summed E-state index contributed by atoms with van der Waals surface area (Å²) < 4.78 is 2.75. The fourth-order valence-electron chi connectivity index (χ4n) is 10.3. The van der Waals surface area contributed by atoms with Crippen molar-refractivity contribution in [2.24, 2.45) is 0 Å². The van der Waals surface area contributed by atoms with Crippen molar-refractivity contribution in [2.75, 3.05) is 0 Å². The zero-order chi connectivity index (χ0) is 37.1. The smallest absolute Gasteiger partial charge is 0.0433 e. The van der Waals surface area contributed by atoms with Gasteiger partial charge >= 0.3 is 0 Å². The maximum atomic E-state index is 2.51. The third-order valence-electron chi connectivity index (χ3n) is 12.9. The monoisotopic (exact) mass is 730 g/mol. The van der Waals surface area contributed by atoms with Crippen LogP contribution >= 0.6 is 11.3 Å². The van der Waals surface area contributed by atoms with E-state index < -0.39 is 0 Å². The van der Waals surface area contributed by atoms with E-state index in [0.29, 0.717) is 0 Å². The van der Waals surface area contributed by atoms with Gasteiger partial charge in [0.15, 0.2) is 0 Å². The molecule has 0 amide bonds. The highest BCUT2D eigenvalue weighted by molar-refractivity contribution is 7.26. The normalized spacial score (nSPS) is 14.6. The van der Waals surface area contributed by atoms with Crippen LogP contribution in [0.25, 0.3) is 102 Å². The van der Waals surface area contributed by atoms with Gasteiger partial charge in [0.2, 0.25) is 0 Å². The predicted molar refractivity (Wildman–Crippen MR) is 244 cm³/mol. The average Bonchev–Trinajstić information content (AvgIpc) is 3.73. The summed E-state index contributed by atoms with van der Waals surface area (Å²) >= 11 is 1.92. The van der Waals surface area contributed by atoms with E-state index in [1.807, 2.05) is 11.3 Å².